The first-order valence-electron chi connectivity index (χ1n) is 13.1. The molecule has 2 aliphatic heterocycles. The highest BCUT2D eigenvalue weighted by Crippen LogP contribution is 2.36. The topological polar surface area (TPSA) is 39.7 Å². The van der Waals surface area contributed by atoms with Crippen molar-refractivity contribution in [1.82, 2.24) is 5.32 Å². The maximum absolute atomic E-state index is 14.2. The van der Waals surface area contributed by atoms with Crippen molar-refractivity contribution in [3.8, 4) is 17.2 Å². The second-order valence-corrected chi connectivity index (χ2v) is 4.95. The molecule has 2 aromatic rings. The molecule has 2 heterocycles. The van der Waals surface area contributed by atoms with Crippen LogP contribution in [-0.2, 0) is 0 Å². The van der Waals surface area contributed by atoms with E-state index in [0.717, 1.165) is 6.07 Å². The second-order valence-electron chi connectivity index (χ2n) is 4.95. The highest BCUT2D eigenvalue weighted by molar-refractivity contribution is 5.46. The molecule has 2 atom stereocenters. The Hall–Kier alpha value is -2.27. The van der Waals surface area contributed by atoms with E-state index in [1.165, 1.54) is 12.1 Å². The van der Waals surface area contributed by atoms with Gasteiger partial charge in [-0.3, -0.25) is 0 Å². The van der Waals surface area contributed by atoms with Crippen molar-refractivity contribution in [3.05, 3.63) is 53.7 Å². The van der Waals surface area contributed by atoms with E-state index in [-0.39, 0.29) is 17.2 Å². The molecule has 0 aromatic heterocycles. The lowest BCUT2D eigenvalue weighted by Gasteiger charge is -2.32. The molecular formula is C19H20FNO3. The summed E-state index contributed by atoms with van der Waals surface area (Å²) in [6, 6.07) is -0.805. The molecule has 24 heavy (non-hydrogen) atoms. The summed E-state index contributed by atoms with van der Waals surface area (Å²) in [7, 11) is 0. The predicted molar refractivity (Wildman–Crippen MR) is 88.2 cm³/mol. The fraction of sp³-hybridized carbons (Fsp3) is 0.368. The molecule has 4 rings (SSSR count). The Morgan fingerprint density at radius 1 is 1.33 bits per heavy atom. The normalized spacial score (nSPS) is 40.5. The number of rotatable bonds is 4. The van der Waals surface area contributed by atoms with Crippen molar-refractivity contribution in [1.29, 1.82) is 0 Å². The highest BCUT2D eigenvalue weighted by atomic mass is 19.1. The number of halogens is 1. The number of hydrogen-bond donors (Lipinski definition) is 1. The standard InChI is InChI=1S/C19H20FNO3/c20-15-3-1-13(2-4-15)17-7-8-21-10-14(17)11-22-16-5-6-18-19(9-16)24-12-23-18/h1-6,9,14,17,21H,7-8,10-12H2/t14?,17-/m0/s1/i1D,2D,3D,4D,8D2,11D2,12D2,14D,17D. The van der Waals surface area contributed by atoms with E-state index < -0.39 is 80.1 Å². The van der Waals surface area contributed by atoms with Gasteiger partial charge in [-0.15, -0.1) is 0 Å². The van der Waals surface area contributed by atoms with Crippen LogP contribution in [0.2, 0.25) is 0 Å². The molecule has 1 N–H and O–H groups in total. The van der Waals surface area contributed by atoms with Crippen LogP contribution in [0, 0.1) is 11.7 Å². The maximum Gasteiger partial charge on any atom is 0.231 e. The van der Waals surface area contributed by atoms with Crippen LogP contribution in [0.5, 0.6) is 17.2 Å². The third-order valence-electron chi connectivity index (χ3n) is 3.43. The summed E-state index contributed by atoms with van der Waals surface area (Å²) in [4.78, 5) is 0. The number of piperidine rings is 1. The number of fused-ring (bicyclic) bond motifs is 1. The fourth-order valence-electron chi connectivity index (χ4n) is 2.25. The van der Waals surface area contributed by atoms with Crippen LogP contribution in [0.25, 0.3) is 0 Å². The number of nitrogens with one attached hydrogen (secondary N) is 1. The smallest absolute Gasteiger partial charge is 0.231 e. The van der Waals surface area contributed by atoms with Crippen molar-refractivity contribution < 1.29 is 35.1 Å². The molecule has 0 bridgehead atoms. The zero-order valence-corrected chi connectivity index (χ0v) is 12.2. The number of hydrogen-bond acceptors (Lipinski definition) is 4. The minimum absolute atomic E-state index is 0.00539. The molecule has 2 aromatic carbocycles. The molecule has 1 fully saturated rings. The van der Waals surface area contributed by atoms with Crippen LogP contribution in [0.4, 0.5) is 4.39 Å². The monoisotopic (exact) mass is 341 g/mol. The van der Waals surface area contributed by atoms with E-state index >= 15 is 0 Å². The van der Waals surface area contributed by atoms with Gasteiger partial charge in [0, 0.05) is 24.0 Å². The van der Waals surface area contributed by atoms with Crippen LogP contribution in [0.3, 0.4) is 0 Å². The Bertz CT molecular complexity index is 1220. The lowest BCUT2D eigenvalue weighted by molar-refractivity contribution is 0.173. The summed E-state index contributed by atoms with van der Waals surface area (Å²) in [6.07, 6.45) is -0.990. The molecule has 0 spiro atoms. The summed E-state index contributed by atoms with van der Waals surface area (Å²) < 4.78 is 128. The van der Waals surface area contributed by atoms with Crippen LogP contribution < -0.4 is 19.5 Å². The molecule has 0 amide bonds. The van der Waals surface area contributed by atoms with Crippen molar-refractivity contribution in [2.45, 2.75) is 12.3 Å². The Balaban J connectivity index is 1.83. The van der Waals surface area contributed by atoms with Gasteiger partial charge in [-0.1, -0.05) is 12.1 Å². The molecule has 1 unspecified atom stereocenters. The van der Waals surface area contributed by atoms with Gasteiger partial charge in [0.15, 0.2) is 11.5 Å². The average molecular weight is 341 g/mol. The lowest BCUT2D eigenvalue weighted by atomic mass is 9.81. The van der Waals surface area contributed by atoms with Gasteiger partial charge in [0.25, 0.3) is 0 Å². The Morgan fingerprint density at radius 3 is 3.04 bits per heavy atom. The van der Waals surface area contributed by atoms with Gasteiger partial charge in [-0.05, 0) is 48.6 Å². The first kappa shape index (κ1) is 6.92. The van der Waals surface area contributed by atoms with Gasteiger partial charge in [0.2, 0.25) is 6.75 Å². The predicted octanol–water partition coefficient (Wildman–Crippen LogP) is 3.33. The van der Waals surface area contributed by atoms with Crippen LogP contribution >= 0.6 is 0 Å². The largest absolute Gasteiger partial charge is 0.493 e. The fourth-order valence-corrected chi connectivity index (χ4v) is 2.25. The van der Waals surface area contributed by atoms with Gasteiger partial charge in [-0.2, -0.15) is 0 Å². The molecule has 0 saturated carbocycles. The molecule has 126 valence electrons. The molecule has 2 aliphatic rings. The second kappa shape index (κ2) is 6.69. The Labute approximate surface area is 157 Å². The van der Waals surface area contributed by atoms with E-state index in [4.69, 9.17) is 30.7 Å². The Morgan fingerprint density at radius 2 is 2.17 bits per heavy atom. The van der Waals surface area contributed by atoms with Crippen LogP contribution in [-0.4, -0.2) is 26.3 Å². The Kier molecular flexibility index (Phi) is 1.93. The zero-order valence-electron chi connectivity index (χ0n) is 24.2. The van der Waals surface area contributed by atoms with E-state index in [0.29, 0.717) is 0 Å². The van der Waals surface area contributed by atoms with Gasteiger partial charge >= 0.3 is 0 Å². The maximum atomic E-state index is 14.2. The van der Waals surface area contributed by atoms with E-state index in [9.17, 15) is 4.39 Å². The molecule has 0 radical (unpaired) electrons. The first-order chi connectivity index (χ1) is 16.3. The molecule has 5 heteroatoms. The average Bonchev–Trinajstić information content (AvgIpc) is 3.06. The minimum Gasteiger partial charge on any atom is -0.493 e. The van der Waals surface area contributed by atoms with Gasteiger partial charge in [-0.25, -0.2) is 4.39 Å². The van der Waals surface area contributed by atoms with Crippen molar-refractivity contribution in [3.63, 3.8) is 0 Å². The summed E-state index contributed by atoms with van der Waals surface area (Å²) >= 11 is 0. The first-order valence-corrected chi connectivity index (χ1v) is 7.07. The third kappa shape index (κ3) is 3.17. The molecule has 4 nitrogen and oxygen atoms in total. The summed E-state index contributed by atoms with van der Waals surface area (Å²) in [6.45, 7) is -8.86. The van der Waals surface area contributed by atoms with Gasteiger partial charge < -0.3 is 19.5 Å². The summed E-state index contributed by atoms with van der Waals surface area (Å²) in [5.74, 6) is -7.48. The van der Waals surface area contributed by atoms with Crippen molar-refractivity contribution in [2.24, 2.45) is 5.89 Å². The van der Waals surface area contributed by atoms with E-state index in [1.54, 1.807) is 0 Å². The number of benzene rings is 2. The summed E-state index contributed by atoms with van der Waals surface area (Å²) in [5, 5.41) is 2.32. The number of ether oxygens (including phenoxy) is 3. The van der Waals surface area contributed by atoms with E-state index in [1.807, 2.05) is 0 Å². The van der Waals surface area contributed by atoms with E-state index in [2.05, 4.69) is 5.32 Å². The SMILES string of the molecule is [2H]c1c([2H])c([C@]2([2H])CC([2H])([2H])NCC2([2H])C([2H])([2H])Oc2ccc3c(c2)OC([2H])([2H])O3)c([2H])c([2H])c1F. The van der Waals surface area contributed by atoms with Crippen LogP contribution in [0.1, 0.15) is 34.3 Å². The van der Waals surface area contributed by atoms with Gasteiger partial charge in [0.1, 0.15) is 14.3 Å². The molecule has 0 aliphatic carbocycles. The van der Waals surface area contributed by atoms with Crippen molar-refractivity contribution in [2.75, 3.05) is 26.3 Å². The quantitative estimate of drug-likeness (QED) is 0.926. The zero-order chi connectivity index (χ0) is 27.1. The lowest BCUT2D eigenvalue weighted by Crippen LogP contribution is -2.38. The molecular weight excluding hydrogens is 309 g/mol. The highest BCUT2D eigenvalue weighted by Gasteiger charge is 2.27. The summed E-state index contributed by atoms with van der Waals surface area (Å²) in [5.41, 5.74) is -0.842. The van der Waals surface area contributed by atoms with Crippen LogP contribution in [0.15, 0.2) is 42.4 Å². The van der Waals surface area contributed by atoms with Crippen molar-refractivity contribution >= 4 is 0 Å². The minimum atomic E-state index is -3.15. The van der Waals surface area contributed by atoms with Gasteiger partial charge in [0.05, 0.1) is 14.8 Å². The molecule has 1 saturated heterocycles. The third-order valence-corrected chi connectivity index (χ3v) is 3.43.